The molecule has 4 heteroatoms. The predicted octanol–water partition coefficient (Wildman–Crippen LogP) is -1.10. The quantitative estimate of drug-likeness (QED) is 0.543. The molecule has 0 spiro atoms. The fourth-order valence-electron chi connectivity index (χ4n) is 1.38. The number of likely N-dealkylation sites (N-methyl/N-ethyl adjacent to an activating group) is 1. The number of rotatable bonds is 1. The molecule has 1 amide bonds. The van der Waals surface area contributed by atoms with Crippen LogP contribution in [0.15, 0.2) is 0 Å². The molecular formula is C8H16N3O. The number of carbonyl (C=O) groups is 1. The van der Waals surface area contributed by atoms with Gasteiger partial charge in [0.1, 0.15) is 0 Å². The summed E-state index contributed by atoms with van der Waals surface area (Å²) in [7, 11) is 3.70. The van der Waals surface area contributed by atoms with Gasteiger partial charge >= 0.3 is 0 Å². The summed E-state index contributed by atoms with van der Waals surface area (Å²) in [6, 6.07) is 0. The summed E-state index contributed by atoms with van der Waals surface area (Å²) in [5, 5.41) is 6.93. The number of hydrogen-bond acceptors (Lipinski definition) is 2. The van der Waals surface area contributed by atoms with E-state index in [4.69, 9.17) is 0 Å². The average Bonchev–Trinajstić information content (AvgIpc) is 2.28. The van der Waals surface area contributed by atoms with Gasteiger partial charge in [-0.3, -0.25) is 4.79 Å². The van der Waals surface area contributed by atoms with E-state index in [2.05, 4.69) is 15.5 Å². The van der Waals surface area contributed by atoms with E-state index in [9.17, 15) is 4.79 Å². The highest BCUT2D eigenvalue weighted by molar-refractivity contribution is 5.78. The molecule has 1 rings (SSSR count). The summed E-state index contributed by atoms with van der Waals surface area (Å²) < 4.78 is 0. The summed E-state index contributed by atoms with van der Waals surface area (Å²) >= 11 is 0. The van der Waals surface area contributed by atoms with Gasteiger partial charge in [-0.1, -0.05) is 0 Å². The first-order valence-corrected chi connectivity index (χ1v) is 4.27. The Balaban J connectivity index is 2.46. The number of carbonyl (C=O) groups excluding carboxylic acids is 1. The van der Waals surface area contributed by atoms with E-state index < -0.39 is 0 Å². The highest BCUT2D eigenvalue weighted by Gasteiger charge is 2.21. The molecule has 0 saturated carbocycles. The molecule has 1 radical (unpaired) electrons. The maximum atomic E-state index is 11.3. The van der Waals surface area contributed by atoms with Gasteiger partial charge in [0, 0.05) is 33.2 Å². The SMILES string of the molecule is CNC(=O)C1C[N]CCN(C)C1. The van der Waals surface area contributed by atoms with Crippen LogP contribution in [0.2, 0.25) is 0 Å². The molecular weight excluding hydrogens is 154 g/mol. The number of nitrogens with zero attached hydrogens (tertiary/aromatic N) is 2. The van der Waals surface area contributed by atoms with Crippen LogP contribution in [-0.2, 0) is 4.79 Å². The van der Waals surface area contributed by atoms with Gasteiger partial charge in [0.15, 0.2) is 0 Å². The van der Waals surface area contributed by atoms with Crippen LogP contribution in [0.4, 0.5) is 0 Å². The van der Waals surface area contributed by atoms with Gasteiger partial charge in [-0.15, -0.1) is 0 Å². The summed E-state index contributed by atoms with van der Waals surface area (Å²) in [5.74, 6) is 0.148. The Kier molecular flexibility index (Phi) is 3.49. The van der Waals surface area contributed by atoms with E-state index in [1.165, 1.54) is 0 Å². The lowest BCUT2D eigenvalue weighted by atomic mass is 10.1. The third kappa shape index (κ3) is 2.46. The molecule has 0 aromatic heterocycles. The van der Waals surface area contributed by atoms with Crippen molar-refractivity contribution in [3.63, 3.8) is 0 Å². The fourth-order valence-corrected chi connectivity index (χ4v) is 1.38. The van der Waals surface area contributed by atoms with Crippen molar-refractivity contribution in [2.75, 3.05) is 40.3 Å². The minimum Gasteiger partial charge on any atom is -0.359 e. The first kappa shape index (κ1) is 9.48. The van der Waals surface area contributed by atoms with Crippen molar-refractivity contribution in [2.24, 2.45) is 5.92 Å². The first-order chi connectivity index (χ1) is 5.74. The normalized spacial score (nSPS) is 26.3. The van der Waals surface area contributed by atoms with Crippen LogP contribution >= 0.6 is 0 Å². The molecule has 1 unspecified atom stereocenters. The Bertz CT molecular complexity index is 160. The molecule has 1 aliphatic rings. The van der Waals surface area contributed by atoms with Crippen LogP contribution in [0.3, 0.4) is 0 Å². The highest BCUT2D eigenvalue weighted by atomic mass is 16.1. The van der Waals surface area contributed by atoms with Gasteiger partial charge in [-0.2, -0.15) is 0 Å². The molecule has 69 valence electrons. The van der Waals surface area contributed by atoms with Crippen molar-refractivity contribution in [3.05, 3.63) is 0 Å². The molecule has 1 aliphatic heterocycles. The second-order valence-electron chi connectivity index (χ2n) is 3.20. The van der Waals surface area contributed by atoms with E-state index in [1.54, 1.807) is 7.05 Å². The molecule has 0 aromatic rings. The molecule has 0 aliphatic carbocycles. The molecule has 12 heavy (non-hydrogen) atoms. The van der Waals surface area contributed by atoms with Crippen molar-refractivity contribution in [1.29, 1.82) is 0 Å². The standard InChI is InChI=1S/C8H16N3O/c1-9-8(12)7-5-10-3-4-11(2)6-7/h7H,3-6H2,1-2H3,(H,9,12). The Morgan fingerprint density at radius 1 is 1.67 bits per heavy atom. The maximum absolute atomic E-state index is 11.3. The van der Waals surface area contributed by atoms with Gasteiger partial charge in [-0.25, -0.2) is 5.32 Å². The second-order valence-corrected chi connectivity index (χ2v) is 3.20. The van der Waals surface area contributed by atoms with Crippen molar-refractivity contribution in [1.82, 2.24) is 15.5 Å². The summed E-state index contributed by atoms with van der Waals surface area (Å²) in [5.41, 5.74) is 0. The highest BCUT2D eigenvalue weighted by Crippen LogP contribution is 2.02. The maximum Gasteiger partial charge on any atom is 0.225 e. The Hall–Kier alpha value is -0.610. The van der Waals surface area contributed by atoms with Crippen molar-refractivity contribution in [2.45, 2.75) is 0 Å². The number of hydrogen-bond donors (Lipinski definition) is 1. The van der Waals surface area contributed by atoms with Crippen LogP contribution in [0.1, 0.15) is 0 Å². The Morgan fingerprint density at radius 3 is 3.08 bits per heavy atom. The Labute approximate surface area is 73.3 Å². The molecule has 0 bridgehead atoms. The zero-order valence-corrected chi connectivity index (χ0v) is 7.71. The molecule has 1 heterocycles. The van der Waals surface area contributed by atoms with E-state index in [0.717, 1.165) is 19.6 Å². The fraction of sp³-hybridized carbons (Fsp3) is 0.875. The van der Waals surface area contributed by atoms with Crippen molar-refractivity contribution < 1.29 is 4.79 Å². The largest absolute Gasteiger partial charge is 0.359 e. The topological polar surface area (TPSA) is 46.4 Å². The lowest BCUT2D eigenvalue weighted by Gasteiger charge is -2.17. The second kappa shape index (κ2) is 4.42. The van der Waals surface area contributed by atoms with Crippen LogP contribution < -0.4 is 10.6 Å². The monoisotopic (exact) mass is 170 g/mol. The third-order valence-corrected chi connectivity index (χ3v) is 2.14. The van der Waals surface area contributed by atoms with Gasteiger partial charge in [0.25, 0.3) is 0 Å². The zero-order valence-electron chi connectivity index (χ0n) is 7.71. The number of nitrogens with one attached hydrogen (secondary N) is 1. The van der Waals surface area contributed by atoms with Gasteiger partial charge < -0.3 is 10.2 Å². The Morgan fingerprint density at radius 2 is 2.42 bits per heavy atom. The summed E-state index contributed by atoms with van der Waals surface area (Å²) in [6.45, 7) is 3.31. The van der Waals surface area contributed by atoms with Gasteiger partial charge in [0.2, 0.25) is 5.91 Å². The third-order valence-electron chi connectivity index (χ3n) is 2.14. The average molecular weight is 170 g/mol. The molecule has 1 fully saturated rings. The minimum atomic E-state index is 0.0440. The lowest BCUT2D eigenvalue weighted by Crippen LogP contribution is -2.37. The summed E-state index contributed by atoms with van der Waals surface area (Å²) in [4.78, 5) is 13.4. The van der Waals surface area contributed by atoms with E-state index in [-0.39, 0.29) is 11.8 Å². The zero-order chi connectivity index (χ0) is 8.97. The van der Waals surface area contributed by atoms with Crippen LogP contribution in [0.25, 0.3) is 0 Å². The first-order valence-electron chi connectivity index (χ1n) is 4.27. The van der Waals surface area contributed by atoms with Crippen LogP contribution in [0.5, 0.6) is 0 Å². The van der Waals surface area contributed by atoms with E-state index >= 15 is 0 Å². The summed E-state index contributed by atoms with van der Waals surface area (Å²) in [6.07, 6.45) is 0. The number of amides is 1. The van der Waals surface area contributed by atoms with E-state index in [0.29, 0.717) is 6.54 Å². The smallest absolute Gasteiger partial charge is 0.225 e. The van der Waals surface area contributed by atoms with Gasteiger partial charge in [-0.05, 0) is 7.05 Å². The van der Waals surface area contributed by atoms with Crippen LogP contribution in [0, 0.1) is 5.92 Å². The van der Waals surface area contributed by atoms with Crippen molar-refractivity contribution >= 4 is 5.91 Å². The van der Waals surface area contributed by atoms with Crippen LogP contribution in [-0.4, -0.2) is 51.1 Å². The van der Waals surface area contributed by atoms with E-state index in [1.807, 2.05) is 7.05 Å². The van der Waals surface area contributed by atoms with Crippen molar-refractivity contribution in [3.8, 4) is 0 Å². The lowest BCUT2D eigenvalue weighted by molar-refractivity contribution is -0.124. The van der Waals surface area contributed by atoms with Gasteiger partial charge in [0.05, 0.1) is 5.92 Å². The molecule has 1 saturated heterocycles. The minimum absolute atomic E-state index is 0.0440. The predicted molar refractivity (Wildman–Crippen MR) is 46.9 cm³/mol. The molecule has 1 N–H and O–H groups in total. The molecule has 0 aromatic carbocycles. The molecule has 4 nitrogen and oxygen atoms in total. The molecule has 1 atom stereocenters.